The number of hydrogen-bond donors (Lipinski definition) is 0. The fraction of sp³-hybridized carbons (Fsp3) is 0.417. The van der Waals surface area contributed by atoms with E-state index in [0.29, 0.717) is 31.0 Å². The number of ether oxygens (including phenoxy) is 1. The largest absolute Gasteiger partial charge is 0.497 e. The van der Waals surface area contributed by atoms with E-state index in [1.165, 1.54) is 0 Å². The highest BCUT2D eigenvalue weighted by Gasteiger charge is 2.28. The van der Waals surface area contributed by atoms with Gasteiger partial charge in [0.15, 0.2) is 6.10 Å². The smallest absolute Gasteiger partial charge is 0.223 e. The second kappa shape index (κ2) is 9.52. The van der Waals surface area contributed by atoms with Crippen LogP contribution in [0.3, 0.4) is 0 Å². The molecule has 0 spiro atoms. The highest BCUT2D eigenvalue weighted by Crippen LogP contribution is 2.24. The maximum Gasteiger partial charge on any atom is 0.223 e. The van der Waals surface area contributed by atoms with Crippen LogP contribution in [-0.4, -0.2) is 36.3 Å². The summed E-state index contributed by atoms with van der Waals surface area (Å²) in [6, 6.07) is 15.4. The van der Waals surface area contributed by atoms with Crippen molar-refractivity contribution in [1.29, 1.82) is 0 Å². The molecule has 5 nitrogen and oxygen atoms in total. The molecule has 160 valence electrons. The zero-order chi connectivity index (χ0) is 21.7. The molecule has 2 aromatic rings. The lowest BCUT2D eigenvalue weighted by Gasteiger charge is -2.28. The average molecular weight is 429 g/mol. The molecule has 0 aliphatic carbocycles. The molecule has 0 aromatic heterocycles. The van der Waals surface area contributed by atoms with Crippen molar-refractivity contribution in [2.45, 2.75) is 46.3 Å². The summed E-state index contributed by atoms with van der Waals surface area (Å²) in [6.45, 7) is 7.18. The molecular formula is C24H29ClN2O3. The van der Waals surface area contributed by atoms with Gasteiger partial charge in [-0.15, -0.1) is 0 Å². The van der Waals surface area contributed by atoms with E-state index in [0.717, 1.165) is 22.6 Å². The first-order chi connectivity index (χ1) is 14.2. The summed E-state index contributed by atoms with van der Waals surface area (Å²) in [6.07, 6.45) is 0.943. The molecular weight excluding hydrogens is 400 g/mol. The lowest BCUT2D eigenvalue weighted by molar-refractivity contribution is -0.135. The van der Waals surface area contributed by atoms with Gasteiger partial charge < -0.3 is 14.5 Å². The number of oxime groups is 1. The van der Waals surface area contributed by atoms with Crippen molar-refractivity contribution in [3.8, 4) is 5.75 Å². The number of benzene rings is 2. The Kier molecular flexibility index (Phi) is 7.03. The number of halogens is 1. The molecule has 30 heavy (non-hydrogen) atoms. The number of hydrogen-bond acceptors (Lipinski definition) is 4. The van der Waals surface area contributed by atoms with Crippen molar-refractivity contribution in [1.82, 2.24) is 4.90 Å². The molecule has 6 heteroatoms. The van der Waals surface area contributed by atoms with Crippen LogP contribution in [0.25, 0.3) is 0 Å². The summed E-state index contributed by atoms with van der Waals surface area (Å²) >= 11 is 6.14. The topological polar surface area (TPSA) is 51.1 Å². The number of amides is 1. The molecule has 0 bridgehead atoms. The van der Waals surface area contributed by atoms with Gasteiger partial charge in [-0.1, -0.05) is 49.7 Å². The van der Waals surface area contributed by atoms with Gasteiger partial charge in [-0.3, -0.25) is 4.79 Å². The third kappa shape index (κ3) is 6.23. The van der Waals surface area contributed by atoms with Gasteiger partial charge in [0.2, 0.25) is 5.91 Å². The van der Waals surface area contributed by atoms with E-state index in [4.69, 9.17) is 21.2 Å². The van der Waals surface area contributed by atoms with Gasteiger partial charge in [0.05, 0.1) is 19.4 Å². The second-order valence-corrected chi connectivity index (χ2v) is 9.28. The molecule has 0 saturated carbocycles. The Morgan fingerprint density at radius 1 is 1.23 bits per heavy atom. The van der Waals surface area contributed by atoms with Crippen molar-refractivity contribution < 1.29 is 14.4 Å². The summed E-state index contributed by atoms with van der Waals surface area (Å²) in [5, 5.41) is 4.93. The molecule has 0 fully saturated rings. The molecule has 3 rings (SSSR count). The molecule has 0 unspecified atom stereocenters. The fourth-order valence-electron chi connectivity index (χ4n) is 3.40. The fourth-order valence-corrected chi connectivity index (χ4v) is 3.61. The van der Waals surface area contributed by atoms with E-state index < -0.39 is 0 Å². The quantitative estimate of drug-likeness (QED) is 0.600. The molecule has 1 aliphatic rings. The summed E-state index contributed by atoms with van der Waals surface area (Å²) in [7, 11) is 1.64. The summed E-state index contributed by atoms with van der Waals surface area (Å²) in [5.74, 6) is 0.902. The number of carbonyl (C=O) groups excluding carboxylic acids is 1. The Hall–Kier alpha value is -2.53. The Morgan fingerprint density at radius 3 is 2.60 bits per heavy atom. The number of methoxy groups -OCH3 is 1. The maximum atomic E-state index is 13.0. The number of nitrogens with zero attached hydrogens (tertiary/aromatic N) is 2. The lowest BCUT2D eigenvalue weighted by atomic mass is 9.91. The van der Waals surface area contributed by atoms with Crippen LogP contribution in [0.2, 0.25) is 5.02 Å². The molecule has 0 radical (unpaired) electrons. The summed E-state index contributed by atoms with van der Waals surface area (Å²) < 4.78 is 5.21. The minimum Gasteiger partial charge on any atom is -0.497 e. The molecule has 1 heterocycles. The van der Waals surface area contributed by atoms with Crippen LogP contribution in [0.4, 0.5) is 0 Å². The van der Waals surface area contributed by atoms with Crippen molar-refractivity contribution in [3.05, 3.63) is 64.7 Å². The average Bonchev–Trinajstić information content (AvgIpc) is 3.15. The van der Waals surface area contributed by atoms with Gasteiger partial charge >= 0.3 is 0 Å². The van der Waals surface area contributed by atoms with E-state index in [-0.39, 0.29) is 17.4 Å². The molecule has 2 aromatic carbocycles. The summed E-state index contributed by atoms with van der Waals surface area (Å²) in [5.41, 5.74) is 2.79. The first-order valence-electron chi connectivity index (χ1n) is 10.1. The van der Waals surface area contributed by atoms with Gasteiger partial charge in [-0.2, -0.15) is 0 Å². The predicted octanol–water partition coefficient (Wildman–Crippen LogP) is 5.31. The Bertz CT molecular complexity index is 903. The maximum absolute atomic E-state index is 13.0. The third-order valence-corrected chi connectivity index (χ3v) is 5.11. The Morgan fingerprint density at radius 2 is 1.97 bits per heavy atom. The van der Waals surface area contributed by atoms with Crippen molar-refractivity contribution >= 4 is 23.2 Å². The summed E-state index contributed by atoms with van der Waals surface area (Å²) in [4.78, 5) is 20.6. The normalized spacial score (nSPS) is 16.0. The van der Waals surface area contributed by atoms with Crippen LogP contribution in [0.1, 0.15) is 44.7 Å². The van der Waals surface area contributed by atoms with Crippen LogP contribution in [0.5, 0.6) is 5.75 Å². The first kappa shape index (κ1) is 22.2. The zero-order valence-electron chi connectivity index (χ0n) is 18.0. The van der Waals surface area contributed by atoms with Crippen LogP contribution in [0.15, 0.2) is 53.7 Å². The monoisotopic (exact) mass is 428 g/mol. The van der Waals surface area contributed by atoms with Crippen molar-refractivity contribution in [3.63, 3.8) is 0 Å². The van der Waals surface area contributed by atoms with Gasteiger partial charge in [0.1, 0.15) is 5.75 Å². The highest BCUT2D eigenvalue weighted by molar-refractivity contribution is 6.30. The SMILES string of the molecule is COc1ccc(C2=NO[C@@H](CN(Cc3cccc(Cl)c3)C(=O)CC(C)(C)C)C2)cc1. The van der Waals surface area contributed by atoms with E-state index in [2.05, 4.69) is 25.9 Å². The van der Waals surface area contributed by atoms with Crippen molar-refractivity contribution in [2.24, 2.45) is 10.6 Å². The first-order valence-corrected chi connectivity index (χ1v) is 10.5. The number of carbonyl (C=O) groups is 1. The molecule has 1 amide bonds. The predicted molar refractivity (Wildman–Crippen MR) is 120 cm³/mol. The standard InChI is InChI=1S/C24H29ClN2O3/c1-24(2,3)14-23(28)27(15-17-6-5-7-19(25)12-17)16-21-13-22(26-30-21)18-8-10-20(29-4)11-9-18/h5-12,21H,13-16H2,1-4H3/t21-/m1/s1. The minimum atomic E-state index is -0.176. The van der Waals surface area contributed by atoms with Crippen LogP contribution in [-0.2, 0) is 16.2 Å². The Labute approximate surface area is 183 Å². The van der Waals surface area contributed by atoms with Crippen molar-refractivity contribution in [2.75, 3.05) is 13.7 Å². The van der Waals surface area contributed by atoms with Crippen LogP contribution >= 0.6 is 11.6 Å². The van der Waals surface area contributed by atoms with E-state index in [9.17, 15) is 4.79 Å². The third-order valence-electron chi connectivity index (χ3n) is 4.88. The van der Waals surface area contributed by atoms with Gasteiger partial charge in [0.25, 0.3) is 0 Å². The highest BCUT2D eigenvalue weighted by atomic mass is 35.5. The Balaban J connectivity index is 1.69. The van der Waals surface area contributed by atoms with Crippen LogP contribution in [0, 0.1) is 5.41 Å². The molecule has 1 atom stereocenters. The van der Waals surface area contributed by atoms with E-state index in [1.54, 1.807) is 7.11 Å². The minimum absolute atomic E-state index is 0.0923. The molecule has 0 N–H and O–H groups in total. The second-order valence-electron chi connectivity index (χ2n) is 8.84. The molecule has 1 aliphatic heterocycles. The number of rotatable bonds is 7. The molecule has 0 saturated heterocycles. The van der Waals surface area contributed by atoms with E-state index >= 15 is 0 Å². The lowest BCUT2D eigenvalue weighted by Crippen LogP contribution is -2.38. The van der Waals surface area contributed by atoms with E-state index in [1.807, 2.05) is 53.4 Å². The van der Waals surface area contributed by atoms with Crippen LogP contribution < -0.4 is 4.74 Å². The van der Waals surface area contributed by atoms with Gasteiger partial charge in [0, 0.05) is 24.4 Å². The zero-order valence-corrected chi connectivity index (χ0v) is 18.8. The van der Waals surface area contributed by atoms with Gasteiger partial charge in [-0.05, 0) is 52.9 Å². The van der Waals surface area contributed by atoms with Gasteiger partial charge in [-0.25, -0.2) is 0 Å².